The molecule has 0 saturated heterocycles. The number of hydrogen-bond acceptors (Lipinski definition) is 3. The van der Waals surface area contributed by atoms with Gasteiger partial charge in [-0.05, 0) is 46.2 Å². The molecular weight excluding hydrogens is 228 g/mol. The molecule has 0 bridgehead atoms. The van der Waals surface area contributed by atoms with Crippen molar-refractivity contribution in [2.24, 2.45) is 0 Å². The van der Waals surface area contributed by atoms with Crippen molar-refractivity contribution in [3.05, 3.63) is 24.2 Å². The summed E-state index contributed by atoms with van der Waals surface area (Å²) in [5.74, 6) is 0.852. The number of amides is 1. The number of carbonyl (C=O) groups is 1. The van der Waals surface area contributed by atoms with Crippen LogP contribution in [-0.2, 0) is 4.79 Å². The smallest absolute Gasteiger partial charge is 0.237 e. The predicted molar refractivity (Wildman–Crippen MR) is 72.2 cm³/mol. The van der Waals surface area contributed by atoms with E-state index in [1.807, 2.05) is 39.8 Å². The second-order valence-corrected chi connectivity index (χ2v) is 5.35. The van der Waals surface area contributed by atoms with Gasteiger partial charge >= 0.3 is 0 Å². The number of hydrogen-bond donors (Lipinski definition) is 2. The Balaban J connectivity index is 2.50. The van der Waals surface area contributed by atoms with Gasteiger partial charge in [-0.25, -0.2) is 0 Å². The van der Waals surface area contributed by atoms with Crippen LogP contribution in [0, 0.1) is 0 Å². The Labute approximate surface area is 109 Å². The van der Waals surface area contributed by atoms with Crippen LogP contribution < -0.4 is 10.6 Å². The van der Waals surface area contributed by atoms with Gasteiger partial charge in [-0.2, -0.15) is 0 Å². The van der Waals surface area contributed by atoms with Gasteiger partial charge < -0.3 is 9.73 Å². The average Bonchev–Trinajstić information content (AvgIpc) is 2.81. The summed E-state index contributed by atoms with van der Waals surface area (Å²) in [6, 6.07) is 3.51. The third-order valence-corrected chi connectivity index (χ3v) is 3.21. The summed E-state index contributed by atoms with van der Waals surface area (Å²) in [6.45, 7) is 9.94. The summed E-state index contributed by atoms with van der Waals surface area (Å²) in [5, 5.41) is 6.25. The monoisotopic (exact) mass is 252 g/mol. The number of furan rings is 1. The van der Waals surface area contributed by atoms with Crippen molar-refractivity contribution in [2.45, 2.75) is 58.7 Å². The van der Waals surface area contributed by atoms with Crippen molar-refractivity contribution in [1.29, 1.82) is 0 Å². The molecule has 1 aromatic rings. The molecule has 1 amide bonds. The molecule has 4 heteroatoms. The second kappa shape index (κ2) is 6.05. The molecule has 1 aromatic heterocycles. The Bertz CT molecular complexity index is 371. The fourth-order valence-electron chi connectivity index (χ4n) is 1.60. The fourth-order valence-corrected chi connectivity index (χ4v) is 1.60. The molecule has 2 unspecified atom stereocenters. The first-order chi connectivity index (χ1) is 8.35. The molecular formula is C14H24N2O2. The summed E-state index contributed by atoms with van der Waals surface area (Å²) < 4.78 is 5.30. The molecule has 0 aliphatic carbocycles. The molecule has 0 aliphatic rings. The van der Waals surface area contributed by atoms with E-state index in [1.165, 1.54) is 0 Å². The van der Waals surface area contributed by atoms with Crippen LogP contribution in [0.2, 0.25) is 0 Å². The van der Waals surface area contributed by atoms with Crippen LogP contribution in [0.5, 0.6) is 0 Å². The third-order valence-electron chi connectivity index (χ3n) is 3.21. The van der Waals surface area contributed by atoms with Crippen molar-refractivity contribution in [3.8, 4) is 0 Å². The van der Waals surface area contributed by atoms with Crippen LogP contribution >= 0.6 is 0 Å². The van der Waals surface area contributed by atoms with Crippen LogP contribution in [0.15, 0.2) is 22.8 Å². The topological polar surface area (TPSA) is 54.3 Å². The molecule has 2 atom stereocenters. The molecule has 0 spiro atoms. The summed E-state index contributed by atoms with van der Waals surface area (Å²) in [6.07, 6.45) is 2.54. The van der Waals surface area contributed by atoms with Gasteiger partial charge in [0.25, 0.3) is 0 Å². The highest BCUT2D eigenvalue weighted by atomic mass is 16.3. The second-order valence-electron chi connectivity index (χ2n) is 5.35. The van der Waals surface area contributed by atoms with E-state index in [1.54, 1.807) is 6.26 Å². The molecule has 2 N–H and O–H groups in total. The maximum absolute atomic E-state index is 12.0. The van der Waals surface area contributed by atoms with Gasteiger partial charge in [-0.15, -0.1) is 0 Å². The van der Waals surface area contributed by atoms with Gasteiger partial charge in [0.05, 0.1) is 18.3 Å². The van der Waals surface area contributed by atoms with Gasteiger partial charge in [0, 0.05) is 5.54 Å². The third kappa shape index (κ3) is 4.18. The lowest BCUT2D eigenvalue weighted by Crippen LogP contribution is -2.51. The van der Waals surface area contributed by atoms with Crippen LogP contribution in [0.25, 0.3) is 0 Å². The van der Waals surface area contributed by atoms with E-state index in [0.29, 0.717) is 0 Å². The quantitative estimate of drug-likeness (QED) is 0.818. The molecule has 4 nitrogen and oxygen atoms in total. The molecule has 18 heavy (non-hydrogen) atoms. The Kier molecular flexibility index (Phi) is 4.96. The van der Waals surface area contributed by atoms with Gasteiger partial charge in [-0.1, -0.05) is 6.92 Å². The molecule has 102 valence electrons. The van der Waals surface area contributed by atoms with Crippen LogP contribution in [0.3, 0.4) is 0 Å². The number of nitrogens with one attached hydrogen (secondary N) is 2. The van der Waals surface area contributed by atoms with E-state index in [-0.39, 0.29) is 23.5 Å². The molecule has 1 rings (SSSR count). The number of rotatable bonds is 6. The van der Waals surface area contributed by atoms with E-state index < -0.39 is 0 Å². The molecule has 0 saturated carbocycles. The van der Waals surface area contributed by atoms with Gasteiger partial charge in [0.15, 0.2) is 0 Å². The van der Waals surface area contributed by atoms with Crippen molar-refractivity contribution in [3.63, 3.8) is 0 Å². The highest BCUT2D eigenvalue weighted by Crippen LogP contribution is 2.13. The average molecular weight is 252 g/mol. The fraction of sp³-hybridized carbons (Fsp3) is 0.643. The van der Waals surface area contributed by atoms with Crippen molar-refractivity contribution in [1.82, 2.24) is 10.6 Å². The van der Waals surface area contributed by atoms with Gasteiger partial charge in [0.1, 0.15) is 5.76 Å². The first kappa shape index (κ1) is 14.8. The first-order valence-corrected chi connectivity index (χ1v) is 6.47. The molecule has 0 radical (unpaired) electrons. The van der Waals surface area contributed by atoms with Gasteiger partial charge in [-0.3, -0.25) is 10.1 Å². The van der Waals surface area contributed by atoms with Crippen molar-refractivity contribution >= 4 is 5.91 Å². The normalized spacial score (nSPS) is 15.2. The zero-order valence-electron chi connectivity index (χ0n) is 11.9. The minimum Gasteiger partial charge on any atom is -0.468 e. The largest absolute Gasteiger partial charge is 0.468 e. The number of carbonyl (C=O) groups excluding carboxylic acids is 1. The maximum Gasteiger partial charge on any atom is 0.237 e. The summed E-state index contributed by atoms with van der Waals surface area (Å²) in [5.41, 5.74) is -0.166. The van der Waals surface area contributed by atoms with Crippen LogP contribution in [-0.4, -0.2) is 17.5 Å². The Morgan fingerprint density at radius 1 is 1.44 bits per heavy atom. The minimum absolute atomic E-state index is 0.0141. The van der Waals surface area contributed by atoms with E-state index in [0.717, 1.165) is 12.2 Å². The summed E-state index contributed by atoms with van der Waals surface area (Å²) in [7, 11) is 0. The first-order valence-electron chi connectivity index (χ1n) is 6.47. The Morgan fingerprint density at radius 3 is 2.61 bits per heavy atom. The predicted octanol–water partition coefficient (Wildman–Crippen LogP) is 2.62. The standard InChI is InChI=1S/C14H24N2O2/c1-6-14(4,5)16-13(17)11(3)15-10(2)12-8-7-9-18-12/h7-11,15H,6H2,1-5H3,(H,16,17). The molecule has 0 fully saturated rings. The maximum atomic E-state index is 12.0. The summed E-state index contributed by atoms with van der Waals surface area (Å²) >= 11 is 0. The molecule has 0 aromatic carbocycles. The van der Waals surface area contributed by atoms with Crippen LogP contribution in [0.4, 0.5) is 0 Å². The van der Waals surface area contributed by atoms with Crippen molar-refractivity contribution < 1.29 is 9.21 Å². The Morgan fingerprint density at radius 2 is 2.11 bits per heavy atom. The van der Waals surface area contributed by atoms with Crippen LogP contribution in [0.1, 0.15) is 52.8 Å². The lowest BCUT2D eigenvalue weighted by Gasteiger charge is -2.27. The zero-order chi connectivity index (χ0) is 13.8. The Hall–Kier alpha value is -1.29. The molecule has 1 heterocycles. The summed E-state index contributed by atoms with van der Waals surface area (Å²) in [4.78, 5) is 12.0. The minimum atomic E-state index is -0.254. The van der Waals surface area contributed by atoms with Gasteiger partial charge in [0.2, 0.25) is 5.91 Å². The lowest BCUT2D eigenvalue weighted by molar-refractivity contribution is -0.124. The van der Waals surface area contributed by atoms with E-state index >= 15 is 0 Å². The van der Waals surface area contributed by atoms with E-state index in [9.17, 15) is 4.79 Å². The SMILES string of the molecule is CCC(C)(C)NC(=O)C(C)NC(C)c1ccco1. The lowest BCUT2D eigenvalue weighted by atomic mass is 10.0. The highest BCUT2D eigenvalue weighted by molar-refractivity contribution is 5.82. The molecule has 0 aliphatic heterocycles. The van der Waals surface area contributed by atoms with E-state index in [2.05, 4.69) is 17.6 Å². The van der Waals surface area contributed by atoms with E-state index in [4.69, 9.17) is 4.42 Å². The van der Waals surface area contributed by atoms with Crippen molar-refractivity contribution in [2.75, 3.05) is 0 Å². The highest BCUT2D eigenvalue weighted by Gasteiger charge is 2.23. The zero-order valence-corrected chi connectivity index (χ0v) is 11.9.